The van der Waals surface area contributed by atoms with Crippen LogP contribution in [0.25, 0.3) is 0 Å². The second kappa shape index (κ2) is 8.10. The smallest absolute Gasteiger partial charge is 0.228 e. The van der Waals surface area contributed by atoms with Crippen molar-refractivity contribution in [2.45, 2.75) is 20.3 Å². The summed E-state index contributed by atoms with van der Waals surface area (Å²) >= 11 is 0. The Bertz CT molecular complexity index is 768. The van der Waals surface area contributed by atoms with Crippen molar-refractivity contribution in [3.63, 3.8) is 0 Å². The zero-order valence-corrected chi connectivity index (χ0v) is 14.5. The van der Waals surface area contributed by atoms with E-state index >= 15 is 0 Å². The van der Waals surface area contributed by atoms with E-state index in [1.54, 1.807) is 36.2 Å². The molecule has 3 amide bonds. The fourth-order valence-electron chi connectivity index (χ4n) is 2.25. The molecular formula is C19H21N3O3. The topological polar surface area (TPSA) is 78.5 Å². The van der Waals surface area contributed by atoms with Crippen LogP contribution in [0.5, 0.6) is 0 Å². The molecule has 2 N–H and O–H groups in total. The van der Waals surface area contributed by atoms with E-state index in [4.69, 9.17) is 0 Å². The van der Waals surface area contributed by atoms with Gasteiger partial charge in [0.15, 0.2) is 0 Å². The summed E-state index contributed by atoms with van der Waals surface area (Å²) in [5.74, 6) is -0.330. The van der Waals surface area contributed by atoms with Gasteiger partial charge in [-0.25, -0.2) is 0 Å². The first-order valence-corrected chi connectivity index (χ1v) is 7.86. The highest BCUT2D eigenvalue weighted by molar-refractivity contribution is 5.94. The molecule has 6 heteroatoms. The van der Waals surface area contributed by atoms with Crippen LogP contribution in [0.4, 0.5) is 17.1 Å². The highest BCUT2D eigenvalue weighted by Crippen LogP contribution is 2.16. The summed E-state index contributed by atoms with van der Waals surface area (Å²) in [7, 11) is 1.70. The molecule has 0 aromatic heterocycles. The van der Waals surface area contributed by atoms with Crippen molar-refractivity contribution in [3.8, 4) is 0 Å². The molecule has 0 aliphatic heterocycles. The Morgan fingerprint density at radius 1 is 0.840 bits per heavy atom. The average Bonchev–Trinajstić information content (AvgIpc) is 2.56. The fourth-order valence-corrected chi connectivity index (χ4v) is 2.25. The molecule has 0 heterocycles. The molecule has 0 spiro atoms. The Hall–Kier alpha value is -3.15. The number of rotatable bonds is 5. The van der Waals surface area contributed by atoms with Crippen molar-refractivity contribution in [1.29, 1.82) is 0 Å². The van der Waals surface area contributed by atoms with E-state index in [0.29, 0.717) is 11.4 Å². The number of hydrogen-bond acceptors (Lipinski definition) is 3. The predicted molar refractivity (Wildman–Crippen MR) is 98.6 cm³/mol. The van der Waals surface area contributed by atoms with Crippen LogP contribution in [0, 0.1) is 0 Å². The summed E-state index contributed by atoms with van der Waals surface area (Å²) in [6, 6.07) is 14.2. The van der Waals surface area contributed by atoms with Crippen molar-refractivity contribution in [2.75, 3.05) is 22.6 Å². The number of amides is 3. The van der Waals surface area contributed by atoms with Gasteiger partial charge in [0.1, 0.15) is 0 Å². The molecule has 0 aliphatic carbocycles. The lowest BCUT2D eigenvalue weighted by Gasteiger charge is -2.15. The van der Waals surface area contributed by atoms with Gasteiger partial charge in [0.05, 0.1) is 6.42 Å². The third-order valence-corrected chi connectivity index (χ3v) is 3.65. The van der Waals surface area contributed by atoms with Crippen LogP contribution < -0.4 is 15.5 Å². The van der Waals surface area contributed by atoms with Gasteiger partial charge in [-0.05, 0) is 42.0 Å². The highest BCUT2D eigenvalue weighted by atomic mass is 16.2. The lowest BCUT2D eigenvalue weighted by Crippen LogP contribution is -2.22. The van der Waals surface area contributed by atoms with Gasteiger partial charge in [-0.1, -0.05) is 12.1 Å². The number of carbonyl (C=O) groups is 3. The summed E-state index contributed by atoms with van der Waals surface area (Å²) in [5.41, 5.74) is 2.97. The second-order valence-corrected chi connectivity index (χ2v) is 5.73. The van der Waals surface area contributed by atoms with Gasteiger partial charge >= 0.3 is 0 Å². The molecule has 0 saturated carbocycles. The van der Waals surface area contributed by atoms with Crippen LogP contribution in [0.15, 0.2) is 48.5 Å². The lowest BCUT2D eigenvalue weighted by molar-refractivity contribution is -0.116. The largest absolute Gasteiger partial charge is 0.326 e. The molecular weight excluding hydrogens is 318 g/mol. The van der Waals surface area contributed by atoms with Crippen molar-refractivity contribution in [2.24, 2.45) is 0 Å². The number of hydrogen-bond donors (Lipinski definition) is 2. The maximum absolute atomic E-state index is 12.1. The third-order valence-electron chi connectivity index (χ3n) is 3.65. The Labute approximate surface area is 146 Å². The van der Waals surface area contributed by atoms with Crippen LogP contribution in [0.1, 0.15) is 19.4 Å². The summed E-state index contributed by atoms with van der Waals surface area (Å²) in [6.07, 6.45) is 0.234. The first kappa shape index (κ1) is 18.2. The van der Waals surface area contributed by atoms with E-state index in [1.807, 2.05) is 24.3 Å². The van der Waals surface area contributed by atoms with E-state index < -0.39 is 0 Å². The zero-order chi connectivity index (χ0) is 18.4. The van der Waals surface area contributed by atoms with Gasteiger partial charge in [-0.15, -0.1) is 0 Å². The minimum atomic E-state index is -0.143. The first-order valence-electron chi connectivity index (χ1n) is 7.86. The maximum Gasteiger partial charge on any atom is 0.228 e. The summed E-state index contributed by atoms with van der Waals surface area (Å²) in [4.78, 5) is 36.0. The lowest BCUT2D eigenvalue weighted by atomic mass is 10.1. The summed E-state index contributed by atoms with van der Waals surface area (Å²) in [5, 5.41) is 5.48. The normalized spacial score (nSPS) is 10.0. The molecule has 0 radical (unpaired) electrons. The summed E-state index contributed by atoms with van der Waals surface area (Å²) < 4.78 is 0. The van der Waals surface area contributed by atoms with E-state index in [1.165, 1.54) is 13.8 Å². The number of nitrogens with one attached hydrogen (secondary N) is 2. The Kier molecular flexibility index (Phi) is 5.89. The fraction of sp³-hybridized carbons (Fsp3) is 0.211. The van der Waals surface area contributed by atoms with E-state index in [0.717, 1.165) is 11.3 Å². The zero-order valence-electron chi connectivity index (χ0n) is 14.5. The van der Waals surface area contributed by atoms with Crippen molar-refractivity contribution < 1.29 is 14.4 Å². The van der Waals surface area contributed by atoms with Gasteiger partial charge in [0.25, 0.3) is 0 Å². The molecule has 0 aliphatic rings. The third kappa shape index (κ3) is 5.46. The quantitative estimate of drug-likeness (QED) is 0.879. The number of carbonyl (C=O) groups excluding carboxylic acids is 3. The molecule has 0 unspecified atom stereocenters. The Balaban J connectivity index is 1.93. The molecule has 2 aromatic rings. The van der Waals surface area contributed by atoms with Crippen molar-refractivity contribution in [1.82, 2.24) is 0 Å². The monoisotopic (exact) mass is 339 g/mol. The number of nitrogens with zero attached hydrogens (tertiary/aromatic N) is 1. The molecule has 6 nitrogen and oxygen atoms in total. The minimum Gasteiger partial charge on any atom is -0.326 e. The molecule has 0 saturated heterocycles. The van der Waals surface area contributed by atoms with E-state index in [-0.39, 0.29) is 24.1 Å². The average molecular weight is 339 g/mol. The molecule has 0 bridgehead atoms. The molecule has 130 valence electrons. The van der Waals surface area contributed by atoms with Gasteiger partial charge in [0, 0.05) is 38.0 Å². The van der Waals surface area contributed by atoms with Gasteiger partial charge in [0.2, 0.25) is 17.7 Å². The van der Waals surface area contributed by atoms with Crippen LogP contribution in [-0.4, -0.2) is 24.8 Å². The molecule has 2 aromatic carbocycles. The molecule has 0 fully saturated rings. The van der Waals surface area contributed by atoms with Crippen LogP contribution in [0.2, 0.25) is 0 Å². The first-order chi connectivity index (χ1) is 11.8. The number of benzene rings is 2. The van der Waals surface area contributed by atoms with Gasteiger partial charge < -0.3 is 15.5 Å². The minimum absolute atomic E-state index is 0.0480. The number of anilines is 3. The molecule has 25 heavy (non-hydrogen) atoms. The van der Waals surface area contributed by atoms with Gasteiger partial charge in [-0.2, -0.15) is 0 Å². The van der Waals surface area contributed by atoms with Crippen LogP contribution >= 0.6 is 0 Å². The Morgan fingerprint density at radius 3 is 1.84 bits per heavy atom. The molecule has 0 atom stereocenters. The van der Waals surface area contributed by atoms with Crippen molar-refractivity contribution in [3.05, 3.63) is 54.1 Å². The summed E-state index contributed by atoms with van der Waals surface area (Å²) in [6.45, 7) is 2.94. The SMILES string of the molecule is CC(=O)Nc1ccc(NC(=O)Cc2ccc(N(C)C(C)=O)cc2)cc1. The predicted octanol–water partition coefficient (Wildman–Crippen LogP) is 2.81. The second-order valence-electron chi connectivity index (χ2n) is 5.73. The van der Waals surface area contributed by atoms with Crippen LogP contribution in [0.3, 0.4) is 0 Å². The van der Waals surface area contributed by atoms with Gasteiger partial charge in [-0.3, -0.25) is 14.4 Å². The van der Waals surface area contributed by atoms with E-state index in [2.05, 4.69) is 10.6 Å². The highest BCUT2D eigenvalue weighted by Gasteiger charge is 2.08. The van der Waals surface area contributed by atoms with Crippen LogP contribution in [-0.2, 0) is 20.8 Å². The maximum atomic E-state index is 12.1. The standard InChI is InChI=1S/C19H21N3O3/c1-13(23)20-16-6-8-17(9-7-16)21-19(25)12-15-4-10-18(11-5-15)22(3)14(2)24/h4-11H,12H2,1-3H3,(H,20,23)(H,21,25). The van der Waals surface area contributed by atoms with E-state index in [9.17, 15) is 14.4 Å². The molecule has 2 rings (SSSR count). The van der Waals surface area contributed by atoms with Crippen molar-refractivity contribution >= 4 is 34.8 Å². The Morgan fingerprint density at radius 2 is 1.36 bits per heavy atom.